The maximum atomic E-state index is 12.8. The van der Waals surface area contributed by atoms with Crippen LogP contribution in [0.2, 0.25) is 0 Å². The van der Waals surface area contributed by atoms with Gasteiger partial charge in [-0.25, -0.2) is 22.7 Å². The summed E-state index contributed by atoms with van der Waals surface area (Å²) in [7, 11) is -1.36. The number of nitrogens with two attached hydrogens (primary N) is 1. The molecule has 11 nitrogen and oxygen atoms in total. The summed E-state index contributed by atoms with van der Waals surface area (Å²) in [5.74, 6) is -2.23. The number of ketones is 1. The maximum Gasteiger partial charge on any atom is 0.338 e. The van der Waals surface area contributed by atoms with Crippen LogP contribution >= 0.6 is 0 Å². The summed E-state index contributed by atoms with van der Waals surface area (Å²) in [6.07, 6.45) is 0. The van der Waals surface area contributed by atoms with Crippen LogP contribution in [-0.2, 0) is 28.4 Å². The molecular formula is C22H22N4O7S. The summed E-state index contributed by atoms with van der Waals surface area (Å²) in [4.78, 5) is 50.2. The van der Waals surface area contributed by atoms with Crippen LogP contribution in [0.5, 0.6) is 0 Å². The highest BCUT2D eigenvalue weighted by atomic mass is 32.2. The number of anilines is 1. The van der Waals surface area contributed by atoms with Crippen LogP contribution < -0.4 is 21.7 Å². The number of aromatic nitrogens is 2. The standard InChI is InChI=1S/C22H22N4O7S/c1-24-34(31,32)16-10-6-9-15(11-16)21(29)33-13-17(27)18-19(23)26(22(30)25(2)20(18)28)12-14-7-4-3-5-8-14/h3-11,24H,12-13,23H2,1-2H3. The van der Waals surface area contributed by atoms with Crippen LogP contribution in [0.4, 0.5) is 5.82 Å². The monoisotopic (exact) mass is 486 g/mol. The Hall–Kier alpha value is -4.03. The van der Waals surface area contributed by atoms with Crippen molar-refractivity contribution < 1.29 is 22.7 Å². The zero-order chi connectivity index (χ0) is 25.0. The van der Waals surface area contributed by atoms with Gasteiger partial charge in [-0.15, -0.1) is 0 Å². The first-order chi connectivity index (χ1) is 16.1. The third-order valence-corrected chi connectivity index (χ3v) is 6.44. The maximum absolute atomic E-state index is 12.8. The molecule has 12 heteroatoms. The number of carbonyl (C=O) groups is 2. The van der Waals surface area contributed by atoms with Crippen LogP contribution in [0.15, 0.2) is 69.1 Å². The largest absolute Gasteiger partial charge is 0.454 e. The Bertz CT molecular complexity index is 1480. The van der Waals surface area contributed by atoms with Crippen LogP contribution in [0, 0.1) is 0 Å². The summed E-state index contributed by atoms with van der Waals surface area (Å²) in [6.45, 7) is -0.822. The van der Waals surface area contributed by atoms with Gasteiger partial charge in [0.1, 0.15) is 11.4 Å². The number of rotatable bonds is 8. The van der Waals surface area contributed by atoms with E-state index < -0.39 is 45.2 Å². The molecule has 0 bridgehead atoms. The van der Waals surface area contributed by atoms with E-state index in [-0.39, 0.29) is 22.8 Å². The number of nitrogens with one attached hydrogen (secondary N) is 1. The van der Waals surface area contributed by atoms with Gasteiger partial charge in [0.2, 0.25) is 15.8 Å². The third kappa shape index (κ3) is 4.97. The van der Waals surface area contributed by atoms with Gasteiger partial charge in [-0.2, -0.15) is 0 Å². The molecule has 0 radical (unpaired) electrons. The molecule has 178 valence electrons. The van der Waals surface area contributed by atoms with E-state index in [9.17, 15) is 27.6 Å². The molecule has 3 N–H and O–H groups in total. The number of benzene rings is 2. The first-order valence-electron chi connectivity index (χ1n) is 9.94. The molecule has 0 unspecified atom stereocenters. The third-order valence-electron chi connectivity index (χ3n) is 5.03. The second-order valence-corrected chi connectivity index (χ2v) is 9.10. The second kappa shape index (κ2) is 9.85. The van der Waals surface area contributed by atoms with Gasteiger partial charge in [-0.05, 0) is 30.8 Å². The fraction of sp³-hybridized carbons (Fsp3) is 0.182. The predicted octanol–water partition coefficient (Wildman–Crippen LogP) is 0.125. The molecule has 1 heterocycles. The van der Waals surface area contributed by atoms with Gasteiger partial charge in [0.15, 0.2) is 6.61 Å². The smallest absolute Gasteiger partial charge is 0.338 e. The number of hydrogen-bond donors (Lipinski definition) is 2. The normalized spacial score (nSPS) is 11.2. The summed E-state index contributed by atoms with van der Waals surface area (Å²) in [5.41, 5.74) is 4.51. The molecule has 3 rings (SSSR count). The highest BCUT2D eigenvalue weighted by Gasteiger charge is 2.23. The van der Waals surface area contributed by atoms with E-state index in [1.165, 1.54) is 32.3 Å². The van der Waals surface area contributed by atoms with Gasteiger partial charge in [-0.1, -0.05) is 36.4 Å². The lowest BCUT2D eigenvalue weighted by molar-refractivity contribution is 0.0474. The molecule has 0 saturated carbocycles. The molecule has 0 aliphatic heterocycles. The fourth-order valence-corrected chi connectivity index (χ4v) is 3.93. The molecule has 0 atom stereocenters. The van der Waals surface area contributed by atoms with Crippen LogP contribution in [-0.4, -0.2) is 43.0 Å². The van der Waals surface area contributed by atoms with E-state index in [2.05, 4.69) is 4.72 Å². The molecule has 2 aromatic carbocycles. The van der Waals surface area contributed by atoms with E-state index >= 15 is 0 Å². The van der Waals surface area contributed by atoms with E-state index in [4.69, 9.17) is 10.5 Å². The molecule has 34 heavy (non-hydrogen) atoms. The summed E-state index contributed by atoms with van der Waals surface area (Å²) < 4.78 is 32.8. The van der Waals surface area contributed by atoms with Crippen LogP contribution in [0.25, 0.3) is 0 Å². The van der Waals surface area contributed by atoms with Crippen molar-refractivity contribution in [2.45, 2.75) is 11.4 Å². The van der Waals surface area contributed by atoms with Crippen LogP contribution in [0.3, 0.4) is 0 Å². The first-order valence-corrected chi connectivity index (χ1v) is 11.4. The molecule has 0 aliphatic rings. The second-order valence-electron chi connectivity index (χ2n) is 7.21. The SMILES string of the molecule is CNS(=O)(=O)c1cccc(C(=O)OCC(=O)c2c(N)n(Cc3ccccc3)c(=O)n(C)c2=O)c1. The minimum atomic E-state index is -3.80. The minimum absolute atomic E-state index is 0.0203. The average Bonchev–Trinajstić information content (AvgIpc) is 2.84. The van der Waals surface area contributed by atoms with Crippen molar-refractivity contribution in [2.24, 2.45) is 7.05 Å². The summed E-state index contributed by atoms with van der Waals surface area (Å²) in [6, 6.07) is 13.9. The molecule has 0 saturated heterocycles. The number of sulfonamides is 1. The molecule has 3 aromatic rings. The highest BCUT2D eigenvalue weighted by molar-refractivity contribution is 7.89. The van der Waals surface area contributed by atoms with Gasteiger partial charge in [0, 0.05) is 7.05 Å². The highest BCUT2D eigenvalue weighted by Crippen LogP contribution is 2.13. The molecular weight excluding hydrogens is 464 g/mol. The molecule has 1 aromatic heterocycles. The Morgan fingerprint density at radius 2 is 1.74 bits per heavy atom. The topological polar surface area (TPSA) is 160 Å². The van der Waals surface area contributed by atoms with E-state index in [0.29, 0.717) is 0 Å². The van der Waals surface area contributed by atoms with Crippen LogP contribution in [0.1, 0.15) is 26.3 Å². The Labute approximate surface area is 194 Å². The molecule has 0 fully saturated rings. The van der Waals surface area contributed by atoms with Gasteiger partial charge >= 0.3 is 11.7 Å². The van der Waals surface area contributed by atoms with Gasteiger partial charge in [0.05, 0.1) is 17.0 Å². The Morgan fingerprint density at radius 3 is 2.38 bits per heavy atom. The number of ether oxygens (including phenoxy) is 1. The van der Waals surface area contributed by atoms with Gasteiger partial charge < -0.3 is 10.5 Å². The number of carbonyl (C=O) groups excluding carboxylic acids is 2. The Kier molecular flexibility index (Phi) is 7.13. The zero-order valence-electron chi connectivity index (χ0n) is 18.3. The quantitative estimate of drug-likeness (QED) is 0.336. The zero-order valence-corrected chi connectivity index (χ0v) is 19.2. The van der Waals surface area contributed by atoms with E-state index in [0.717, 1.165) is 20.8 Å². The van der Waals surface area contributed by atoms with Crippen molar-refractivity contribution in [3.63, 3.8) is 0 Å². The lowest BCUT2D eigenvalue weighted by Gasteiger charge is -2.15. The van der Waals surface area contributed by atoms with Crippen molar-refractivity contribution in [3.05, 3.63) is 92.1 Å². The number of hydrogen-bond acceptors (Lipinski definition) is 8. The van der Waals surface area contributed by atoms with Crippen molar-refractivity contribution >= 4 is 27.6 Å². The first kappa shape index (κ1) is 24.6. The van der Waals surface area contributed by atoms with Crippen molar-refractivity contribution in [1.82, 2.24) is 13.9 Å². The number of Topliss-reactive ketones (excluding diaryl/α,β-unsaturated/α-hetero) is 1. The van der Waals surface area contributed by atoms with Crippen molar-refractivity contribution in [3.8, 4) is 0 Å². The van der Waals surface area contributed by atoms with E-state index in [1.54, 1.807) is 30.3 Å². The molecule has 0 amide bonds. The molecule has 0 spiro atoms. The number of nitrogen functional groups attached to an aromatic ring is 1. The lowest BCUT2D eigenvalue weighted by atomic mass is 10.2. The van der Waals surface area contributed by atoms with Gasteiger partial charge in [-0.3, -0.25) is 18.7 Å². The Morgan fingerprint density at radius 1 is 1.06 bits per heavy atom. The van der Waals surface area contributed by atoms with E-state index in [1.807, 2.05) is 0 Å². The number of esters is 1. The van der Waals surface area contributed by atoms with Crippen molar-refractivity contribution in [1.29, 1.82) is 0 Å². The molecule has 0 aliphatic carbocycles. The Balaban J connectivity index is 1.87. The number of nitrogens with zero attached hydrogens (tertiary/aromatic N) is 2. The summed E-state index contributed by atoms with van der Waals surface area (Å²) in [5, 5.41) is 0. The summed E-state index contributed by atoms with van der Waals surface area (Å²) >= 11 is 0. The average molecular weight is 487 g/mol. The fourth-order valence-electron chi connectivity index (χ4n) is 3.16. The van der Waals surface area contributed by atoms with Gasteiger partial charge in [0.25, 0.3) is 5.56 Å². The minimum Gasteiger partial charge on any atom is -0.454 e. The lowest BCUT2D eigenvalue weighted by Crippen LogP contribution is -2.43. The predicted molar refractivity (Wildman–Crippen MR) is 123 cm³/mol. The van der Waals surface area contributed by atoms with Crippen molar-refractivity contribution in [2.75, 3.05) is 19.4 Å².